The third kappa shape index (κ3) is 5.39. The topological polar surface area (TPSA) is 32.3 Å². The van der Waals surface area contributed by atoms with E-state index in [0.29, 0.717) is 0 Å². The molecule has 0 saturated carbocycles. The van der Waals surface area contributed by atoms with Crippen LogP contribution in [0.4, 0.5) is 0 Å². The molecule has 0 bridgehead atoms. The van der Waals surface area contributed by atoms with Gasteiger partial charge in [-0.05, 0) is 12.5 Å². The zero-order valence-corrected chi connectivity index (χ0v) is 8.67. The number of aryl methyl sites for hydroxylation is 1. The Labute approximate surface area is 80.6 Å². The SMILES string of the molecule is CC.Cc1cccc(CNCO)c1. The highest BCUT2D eigenvalue weighted by molar-refractivity contribution is 5.21. The molecule has 0 saturated heterocycles. The van der Waals surface area contributed by atoms with E-state index < -0.39 is 0 Å². The molecule has 0 aliphatic rings. The zero-order chi connectivity index (χ0) is 10.1. The molecular formula is C11H19NO. The van der Waals surface area contributed by atoms with Gasteiger partial charge >= 0.3 is 0 Å². The maximum atomic E-state index is 8.49. The van der Waals surface area contributed by atoms with Gasteiger partial charge in [0.15, 0.2) is 0 Å². The van der Waals surface area contributed by atoms with E-state index in [1.807, 2.05) is 26.0 Å². The van der Waals surface area contributed by atoms with Crippen LogP contribution in [-0.4, -0.2) is 11.8 Å². The van der Waals surface area contributed by atoms with Crippen molar-refractivity contribution in [3.05, 3.63) is 35.4 Å². The van der Waals surface area contributed by atoms with Crippen LogP contribution in [0.15, 0.2) is 24.3 Å². The van der Waals surface area contributed by atoms with Gasteiger partial charge in [0.2, 0.25) is 0 Å². The molecule has 0 aliphatic carbocycles. The van der Waals surface area contributed by atoms with Gasteiger partial charge in [0.25, 0.3) is 0 Å². The number of hydrogen-bond acceptors (Lipinski definition) is 2. The first-order valence-electron chi connectivity index (χ1n) is 4.70. The average Bonchev–Trinajstić information content (AvgIpc) is 2.18. The van der Waals surface area contributed by atoms with Gasteiger partial charge in [0, 0.05) is 6.54 Å². The fraction of sp³-hybridized carbons (Fsp3) is 0.455. The summed E-state index contributed by atoms with van der Waals surface area (Å²) in [5.74, 6) is 0. The first-order valence-corrected chi connectivity index (χ1v) is 4.70. The fourth-order valence-corrected chi connectivity index (χ4v) is 1.02. The van der Waals surface area contributed by atoms with Crippen LogP contribution in [0, 0.1) is 6.92 Å². The average molecular weight is 181 g/mol. The van der Waals surface area contributed by atoms with E-state index in [-0.39, 0.29) is 6.73 Å². The summed E-state index contributed by atoms with van der Waals surface area (Å²) in [6.45, 7) is 6.83. The van der Waals surface area contributed by atoms with E-state index in [9.17, 15) is 0 Å². The van der Waals surface area contributed by atoms with Gasteiger partial charge in [-0.2, -0.15) is 0 Å². The first-order chi connectivity index (χ1) is 6.33. The van der Waals surface area contributed by atoms with E-state index >= 15 is 0 Å². The van der Waals surface area contributed by atoms with Crippen LogP contribution in [0.25, 0.3) is 0 Å². The minimum absolute atomic E-state index is 0.0357. The van der Waals surface area contributed by atoms with Gasteiger partial charge in [-0.1, -0.05) is 43.7 Å². The smallest absolute Gasteiger partial charge is 0.0934 e. The molecule has 2 heteroatoms. The molecule has 0 aliphatic heterocycles. The second-order valence-electron chi connectivity index (χ2n) is 2.57. The molecule has 0 spiro atoms. The molecule has 74 valence electrons. The molecule has 0 radical (unpaired) electrons. The summed E-state index contributed by atoms with van der Waals surface area (Å²) >= 11 is 0. The third-order valence-corrected chi connectivity index (χ3v) is 1.52. The number of benzene rings is 1. The number of nitrogens with one attached hydrogen (secondary N) is 1. The molecule has 2 nitrogen and oxygen atoms in total. The highest BCUT2D eigenvalue weighted by Gasteiger charge is 1.90. The minimum atomic E-state index is 0.0357. The number of aliphatic hydroxyl groups is 1. The maximum Gasteiger partial charge on any atom is 0.0934 e. The predicted octanol–water partition coefficient (Wildman–Crippen LogP) is 2.06. The molecule has 0 amide bonds. The lowest BCUT2D eigenvalue weighted by atomic mass is 10.1. The van der Waals surface area contributed by atoms with Gasteiger partial charge in [0.05, 0.1) is 6.73 Å². The Morgan fingerprint density at radius 1 is 1.31 bits per heavy atom. The molecule has 0 aromatic heterocycles. The standard InChI is InChI=1S/C9H13NO.C2H6/c1-8-3-2-4-9(5-8)6-10-7-11;1-2/h2-5,10-11H,6-7H2,1H3;1-2H3. The Balaban J connectivity index is 0.000000671. The van der Waals surface area contributed by atoms with Gasteiger partial charge in [-0.3, -0.25) is 5.32 Å². The van der Waals surface area contributed by atoms with Crippen LogP contribution in [0.3, 0.4) is 0 Å². The van der Waals surface area contributed by atoms with Gasteiger partial charge in [-0.25, -0.2) is 0 Å². The number of rotatable bonds is 3. The highest BCUT2D eigenvalue weighted by Crippen LogP contribution is 2.02. The van der Waals surface area contributed by atoms with E-state index in [1.54, 1.807) is 0 Å². The summed E-state index contributed by atoms with van der Waals surface area (Å²) in [4.78, 5) is 0. The summed E-state index contributed by atoms with van der Waals surface area (Å²) < 4.78 is 0. The quantitative estimate of drug-likeness (QED) is 0.700. The normalized spacial score (nSPS) is 8.92. The monoisotopic (exact) mass is 181 g/mol. The lowest BCUT2D eigenvalue weighted by Crippen LogP contribution is -2.13. The van der Waals surface area contributed by atoms with Gasteiger partial charge < -0.3 is 5.11 Å². The van der Waals surface area contributed by atoms with Crippen molar-refractivity contribution in [3.63, 3.8) is 0 Å². The first kappa shape index (κ1) is 12.1. The van der Waals surface area contributed by atoms with E-state index in [2.05, 4.69) is 24.4 Å². The number of aliphatic hydroxyl groups excluding tert-OH is 1. The Bertz CT molecular complexity index is 223. The van der Waals surface area contributed by atoms with Crippen molar-refractivity contribution in [2.45, 2.75) is 27.3 Å². The second-order valence-corrected chi connectivity index (χ2v) is 2.57. The van der Waals surface area contributed by atoms with E-state index in [4.69, 9.17) is 5.11 Å². The predicted molar refractivity (Wildman–Crippen MR) is 56.5 cm³/mol. The lowest BCUT2D eigenvalue weighted by molar-refractivity contribution is 0.259. The van der Waals surface area contributed by atoms with E-state index in [1.165, 1.54) is 11.1 Å². The van der Waals surface area contributed by atoms with Crippen molar-refractivity contribution in [1.82, 2.24) is 5.32 Å². The summed E-state index contributed by atoms with van der Waals surface area (Å²) in [5.41, 5.74) is 2.46. The Morgan fingerprint density at radius 3 is 2.54 bits per heavy atom. The molecule has 1 rings (SSSR count). The lowest BCUT2D eigenvalue weighted by Gasteiger charge is -2.01. The number of hydrogen-bond donors (Lipinski definition) is 2. The Morgan fingerprint density at radius 2 is 2.00 bits per heavy atom. The summed E-state index contributed by atoms with van der Waals surface area (Å²) in [5, 5.41) is 11.3. The second kappa shape index (κ2) is 7.77. The van der Waals surface area contributed by atoms with Crippen molar-refractivity contribution >= 4 is 0 Å². The van der Waals surface area contributed by atoms with Crippen LogP contribution >= 0.6 is 0 Å². The van der Waals surface area contributed by atoms with Crippen molar-refractivity contribution in [2.24, 2.45) is 0 Å². The van der Waals surface area contributed by atoms with Crippen LogP contribution in [0.2, 0.25) is 0 Å². The minimum Gasteiger partial charge on any atom is -0.381 e. The molecule has 1 aromatic carbocycles. The van der Waals surface area contributed by atoms with Crippen molar-refractivity contribution in [1.29, 1.82) is 0 Å². The molecule has 0 unspecified atom stereocenters. The van der Waals surface area contributed by atoms with Gasteiger partial charge in [-0.15, -0.1) is 0 Å². The molecule has 2 N–H and O–H groups in total. The zero-order valence-electron chi connectivity index (χ0n) is 8.67. The highest BCUT2D eigenvalue weighted by atomic mass is 16.3. The third-order valence-electron chi connectivity index (χ3n) is 1.52. The Kier molecular flexibility index (Phi) is 7.26. The largest absolute Gasteiger partial charge is 0.381 e. The molecule has 0 atom stereocenters. The molecule has 0 fully saturated rings. The molecular weight excluding hydrogens is 162 g/mol. The van der Waals surface area contributed by atoms with Crippen molar-refractivity contribution < 1.29 is 5.11 Å². The Hall–Kier alpha value is -0.860. The van der Waals surface area contributed by atoms with E-state index in [0.717, 1.165) is 6.54 Å². The molecule has 13 heavy (non-hydrogen) atoms. The van der Waals surface area contributed by atoms with Crippen LogP contribution in [0.1, 0.15) is 25.0 Å². The maximum absolute atomic E-state index is 8.49. The molecule has 1 aromatic rings. The van der Waals surface area contributed by atoms with Crippen LogP contribution < -0.4 is 5.32 Å². The van der Waals surface area contributed by atoms with Crippen molar-refractivity contribution in [2.75, 3.05) is 6.73 Å². The summed E-state index contributed by atoms with van der Waals surface area (Å²) in [6.07, 6.45) is 0. The molecule has 0 heterocycles. The van der Waals surface area contributed by atoms with Crippen LogP contribution in [0.5, 0.6) is 0 Å². The summed E-state index contributed by atoms with van der Waals surface area (Å²) in [6, 6.07) is 8.21. The fourth-order valence-electron chi connectivity index (χ4n) is 1.02. The van der Waals surface area contributed by atoms with Crippen molar-refractivity contribution in [3.8, 4) is 0 Å². The van der Waals surface area contributed by atoms with Gasteiger partial charge in [0.1, 0.15) is 0 Å². The van der Waals surface area contributed by atoms with Crippen LogP contribution in [-0.2, 0) is 6.54 Å². The summed E-state index contributed by atoms with van der Waals surface area (Å²) in [7, 11) is 0.